The van der Waals surface area contributed by atoms with Crippen LogP contribution in [-0.4, -0.2) is 13.1 Å². The van der Waals surface area contributed by atoms with E-state index in [1.165, 1.54) is 12.1 Å². The van der Waals surface area contributed by atoms with E-state index in [-0.39, 0.29) is 0 Å². The van der Waals surface area contributed by atoms with Crippen molar-refractivity contribution in [2.75, 3.05) is 18.4 Å². The van der Waals surface area contributed by atoms with Crippen molar-refractivity contribution in [3.63, 3.8) is 0 Å². The van der Waals surface area contributed by atoms with Gasteiger partial charge in [-0.2, -0.15) is 13.2 Å². The normalized spacial score (nSPS) is 13.5. The molecule has 0 aliphatic carbocycles. The average Bonchev–Trinajstić information content (AvgIpc) is 2.30. The third-order valence-corrected chi connectivity index (χ3v) is 2.72. The summed E-state index contributed by atoms with van der Waals surface area (Å²) in [5, 5.41) is 3.08. The zero-order valence-corrected chi connectivity index (χ0v) is 9.72. The number of nitrogens with two attached hydrogens (primary N) is 1. The van der Waals surface area contributed by atoms with Gasteiger partial charge >= 0.3 is 6.18 Å². The summed E-state index contributed by atoms with van der Waals surface area (Å²) >= 11 is 0. The molecule has 1 rings (SSSR count). The Morgan fingerprint density at radius 2 is 1.82 bits per heavy atom. The predicted molar refractivity (Wildman–Crippen MR) is 62.8 cm³/mol. The van der Waals surface area contributed by atoms with Crippen LogP contribution in [0.15, 0.2) is 24.3 Å². The van der Waals surface area contributed by atoms with E-state index in [1.807, 2.05) is 6.92 Å². The van der Waals surface area contributed by atoms with Crippen molar-refractivity contribution < 1.29 is 13.2 Å². The number of halogens is 3. The number of hydrogen-bond donors (Lipinski definition) is 2. The smallest absolute Gasteiger partial charge is 0.385 e. The first-order chi connectivity index (χ1) is 7.97. The highest BCUT2D eigenvalue weighted by atomic mass is 19.4. The Labute approximate surface area is 99.0 Å². The van der Waals surface area contributed by atoms with Gasteiger partial charge in [-0.3, -0.25) is 0 Å². The summed E-state index contributed by atoms with van der Waals surface area (Å²) in [6.07, 6.45) is -3.33. The molecule has 0 amide bonds. The van der Waals surface area contributed by atoms with E-state index < -0.39 is 11.7 Å². The maximum Gasteiger partial charge on any atom is 0.416 e. The van der Waals surface area contributed by atoms with Crippen LogP contribution in [-0.2, 0) is 6.18 Å². The van der Waals surface area contributed by atoms with Crippen molar-refractivity contribution in [3.8, 4) is 0 Å². The van der Waals surface area contributed by atoms with Crippen LogP contribution in [0, 0.1) is 5.92 Å². The van der Waals surface area contributed by atoms with E-state index in [1.54, 1.807) is 0 Å². The Kier molecular flexibility index (Phi) is 4.81. The molecule has 1 aromatic carbocycles. The lowest BCUT2D eigenvalue weighted by atomic mass is 10.1. The second-order valence-electron chi connectivity index (χ2n) is 3.97. The third kappa shape index (κ3) is 4.26. The van der Waals surface area contributed by atoms with Gasteiger partial charge in [-0.15, -0.1) is 0 Å². The second kappa shape index (κ2) is 5.91. The molecular formula is C12H17F3N2. The van der Waals surface area contributed by atoms with Gasteiger partial charge in [-0.25, -0.2) is 0 Å². The van der Waals surface area contributed by atoms with Gasteiger partial charge in [0.2, 0.25) is 0 Å². The van der Waals surface area contributed by atoms with Crippen LogP contribution in [0.3, 0.4) is 0 Å². The van der Waals surface area contributed by atoms with Crippen molar-refractivity contribution in [1.29, 1.82) is 0 Å². The molecule has 0 radical (unpaired) electrons. The van der Waals surface area contributed by atoms with Crippen LogP contribution in [0.5, 0.6) is 0 Å². The van der Waals surface area contributed by atoms with Gasteiger partial charge < -0.3 is 11.1 Å². The van der Waals surface area contributed by atoms with Gasteiger partial charge in [0.25, 0.3) is 0 Å². The third-order valence-electron chi connectivity index (χ3n) is 2.72. The predicted octanol–water partition coefficient (Wildman–Crippen LogP) is 3.10. The fraction of sp³-hybridized carbons (Fsp3) is 0.500. The van der Waals surface area contributed by atoms with Crippen LogP contribution < -0.4 is 11.1 Å². The molecule has 5 heteroatoms. The Balaban J connectivity index is 2.57. The number of alkyl halides is 3. The molecule has 2 nitrogen and oxygen atoms in total. The zero-order chi connectivity index (χ0) is 12.9. The first-order valence-electron chi connectivity index (χ1n) is 5.58. The molecule has 96 valence electrons. The zero-order valence-electron chi connectivity index (χ0n) is 9.72. The summed E-state index contributed by atoms with van der Waals surface area (Å²) in [6, 6.07) is 5.02. The van der Waals surface area contributed by atoms with Crippen molar-refractivity contribution in [3.05, 3.63) is 29.8 Å². The van der Waals surface area contributed by atoms with Crippen LogP contribution in [0.25, 0.3) is 0 Å². The van der Waals surface area contributed by atoms with E-state index in [4.69, 9.17) is 5.73 Å². The molecular weight excluding hydrogens is 229 g/mol. The minimum Gasteiger partial charge on any atom is -0.385 e. The fourth-order valence-electron chi connectivity index (χ4n) is 1.43. The molecule has 0 saturated heterocycles. The van der Waals surface area contributed by atoms with Crippen molar-refractivity contribution in [2.45, 2.75) is 19.5 Å². The number of rotatable bonds is 5. The summed E-state index contributed by atoms with van der Waals surface area (Å²) in [4.78, 5) is 0. The van der Waals surface area contributed by atoms with Gasteiger partial charge in [0.05, 0.1) is 5.56 Å². The topological polar surface area (TPSA) is 38.0 Å². The lowest BCUT2D eigenvalue weighted by Crippen LogP contribution is -2.22. The monoisotopic (exact) mass is 246 g/mol. The summed E-state index contributed by atoms with van der Waals surface area (Å²) in [6.45, 7) is 3.29. The summed E-state index contributed by atoms with van der Waals surface area (Å²) in [5.74, 6) is 0.345. The van der Waals surface area contributed by atoms with E-state index >= 15 is 0 Å². The molecule has 1 aromatic rings. The van der Waals surface area contributed by atoms with Crippen molar-refractivity contribution >= 4 is 5.69 Å². The summed E-state index contributed by atoms with van der Waals surface area (Å²) in [5.41, 5.74) is 5.59. The van der Waals surface area contributed by atoms with E-state index in [9.17, 15) is 13.2 Å². The fourth-order valence-corrected chi connectivity index (χ4v) is 1.43. The van der Waals surface area contributed by atoms with Crippen LogP contribution in [0.2, 0.25) is 0 Å². The Morgan fingerprint density at radius 3 is 2.24 bits per heavy atom. The molecule has 0 aromatic heterocycles. The SMILES string of the molecule is CCC(CN)CNc1ccc(C(F)(F)F)cc1. The highest BCUT2D eigenvalue weighted by Gasteiger charge is 2.29. The van der Waals surface area contributed by atoms with E-state index in [2.05, 4.69) is 5.32 Å². The first-order valence-corrected chi connectivity index (χ1v) is 5.58. The lowest BCUT2D eigenvalue weighted by Gasteiger charge is -2.14. The van der Waals surface area contributed by atoms with E-state index in [0.29, 0.717) is 24.7 Å². The molecule has 0 aliphatic rings. The first kappa shape index (κ1) is 13.8. The minimum atomic E-state index is -4.28. The molecule has 1 unspecified atom stereocenters. The van der Waals surface area contributed by atoms with Gasteiger partial charge in [0.15, 0.2) is 0 Å². The highest BCUT2D eigenvalue weighted by molar-refractivity contribution is 5.45. The van der Waals surface area contributed by atoms with Crippen LogP contribution in [0.1, 0.15) is 18.9 Å². The lowest BCUT2D eigenvalue weighted by molar-refractivity contribution is -0.137. The molecule has 0 fully saturated rings. The Bertz CT molecular complexity index is 329. The quantitative estimate of drug-likeness (QED) is 0.837. The molecule has 0 spiro atoms. The number of nitrogens with one attached hydrogen (secondary N) is 1. The minimum absolute atomic E-state index is 0.345. The van der Waals surface area contributed by atoms with Crippen molar-refractivity contribution in [1.82, 2.24) is 0 Å². The second-order valence-corrected chi connectivity index (χ2v) is 3.97. The highest BCUT2D eigenvalue weighted by Crippen LogP contribution is 2.29. The molecule has 1 atom stereocenters. The van der Waals surface area contributed by atoms with Gasteiger partial charge in [-0.05, 0) is 36.7 Å². The Hall–Kier alpha value is -1.23. The van der Waals surface area contributed by atoms with Crippen molar-refractivity contribution in [2.24, 2.45) is 11.7 Å². The van der Waals surface area contributed by atoms with Crippen LogP contribution in [0.4, 0.5) is 18.9 Å². The summed E-state index contributed by atoms with van der Waals surface area (Å²) < 4.78 is 36.9. The summed E-state index contributed by atoms with van der Waals surface area (Å²) in [7, 11) is 0. The molecule has 17 heavy (non-hydrogen) atoms. The number of benzene rings is 1. The molecule has 0 bridgehead atoms. The van der Waals surface area contributed by atoms with E-state index in [0.717, 1.165) is 18.6 Å². The molecule has 0 aliphatic heterocycles. The van der Waals surface area contributed by atoms with Gasteiger partial charge in [0.1, 0.15) is 0 Å². The van der Waals surface area contributed by atoms with Gasteiger partial charge in [0, 0.05) is 12.2 Å². The molecule has 0 heterocycles. The maximum absolute atomic E-state index is 12.3. The van der Waals surface area contributed by atoms with Gasteiger partial charge in [-0.1, -0.05) is 13.3 Å². The molecule has 0 saturated carbocycles. The number of anilines is 1. The average molecular weight is 246 g/mol. The standard InChI is InChI=1S/C12H17F3N2/c1-2-9(7-16)8-17-11-5-3-10(4-6-11)12(13,14)15/h3-6,9,17H,2,7-8,16H2,1H3. The number of hydrogen-bond acceptors (Lipinski definition) is 2. The molecule has 3 N–H and O–H groups in total. The van der Waals surface area contributed by atoms with Crippen LogP contribution >= 0.6 is 0 Å². The largest absolute Gasteiger partial charge is 0.416 e. The Morgan fingerprint density at radius 1 is 1.24 bits per heavy atom. The maximum atomic E-state index is 12.3.